The van der Waals surface area contributed by atoms with Gasteiger partial charge >= 0.3 is 0 Å². The second-order valence-electron chi connectivity index (χ2n) is 7.20. The molecule has 1 amide bonds. The van der Waals surface area contributed by atoms with E-state index in [2.05, 4.69) is 29.3 Å². The summed E-state index contributed by atoms with van der Waals surface area (Å²) in [6.45, 7) is 5.08. The minimum absolute atomic E-state index is 0.0647. The largest absolute Gasteiger partial charge is 0.355 e. The van der Waals surface area contributed by atoms with Crippen LogP contribution in [0.1, 0.15) is 36.8 Å². The molecule has 2 aromatic carbocycles. The number of halogens is 1. The molecule has 1 aliphatic heterocycles. The minimum Gasteiger partial charge on any atom is -0.355 e. The molecule has 0 aromatic heterocycles. The van der Waals surface area contributed by atoms with Crippen LogP contribution in [0.4, 0.5) is 4.39 Å². The molecular formula is C22H27FN2O. The third kappa shape index (κ3) is 4.92. The van der Waals surface area contributed by atoms with Crippen LogP contribution in [0.25, 0.3) is 0 Å². The molecule has 1 saturated heterocycles. The van der Waals surface area contributed by atoms with Crippen molar-refractivity contribution in [1.29, 1.82) is 0 Å². The number of carbonyl (C=O) groups is 1. The maximum atomic E-state index is 13.8. The molecule has 1 fully saturated rings. The Morgan fingerprint density at radius 3 is 2.46 bits per heavy atom. The van der Waals surface area contributed by atoms with Gasteiger partial charge < -0.3 is 5.32 Å². The summed E-state index contributed by atoms with van der Waals surface area (Å²) in [7, 11) is 0. The Labute approximate surface area is 155 Å². The molecule has 0 radical (unpaired) electrons. The molecule has 0 unspecified atom stereocenters. The van der Waals surface area contributed by atoms with E-state index in [0.29, 0.717) is 19.0 Å². The molecule has 2 aromatic rings. The summed E-state index contributed by atoms with van der Waals surface area (Å²) in [6, 6.07) is 17.2. The zero-order valence-electron chi connectivity index (χ0n) is 15.3. The SMILES string of the molecule is C[C@H](CNC(=O)C1CCN(Cc2ccccc2F)CC1)c1ccccc1. The summed E-state index contributed by atoms with van der Waals surface area (Å²) in [5, 5.41) is 3.11. The van der Waals surface area contributed by atoms with Gasteiger partial charge in [-0.3, -0.25) is 9.69 Å². The summed E-state index contributed by atoms with van der Waals surface area (Å²) in [6.07, 6.45) is 1.67. The predicted molar refractivity (Wildman–Crippen MR) is 102 cm³/mol. The van der Waals surface area contributed by atoms with E-state index in [0.717, 1.165) is 31.5 Å². The Bertz CT molecular complexity index is 711. The smallest absolute Gasteiger partial charge is 0.223 e. The number of piperidine rings is 1. The quantitative estimate of drug-likeness (QED) is 0.852. The van der Waals surface area contributed by atoms with Crippen LogP contribution < -0.4 is 5.32 Å². The lowest BCUT2D eigenvalue weighted by molar-refractivity contribution is -0.126. The normalized spacial score (nSPS) is 17.0. The van der Waals surface area contributed by atoms with Gasteiger partial charge in [0.15, 0.2) is 0 Å². The van der Waals surface area contributed by atoms with Crippen molar-refractivity contribution in [1.82, 2.24) is 10.2 Å². The first-order valence-electron chi connectivity index (χ1n) is 9.42. The molecule has 3 nitrogen and oxygen atoms in total. The monoisotopic (exact) mass is 354 g/mol. The summed E-state index contributed by atoms with van der Waals surface area (Å²) < 4.78 is 13.8. The number of nitrogens with one attached hydrogen (secondary N) is 1. The van der Waals surface area contributed by atoms with Crippen molar-refractivity contribution < 1.29 is 9.18 Å². The van der Waals surface area contributed by atoms with Crippen LogP contribution in [0.5, 0.6) is 0 Å². The lowest BCUT2D eigenvalue weighted by Crippen LogP contribution is -2.41. The second kappa shape index (κ2) is 8.95. The van der Waals surface area contributed by atoms with Crippen molar-refractivity contribution >= 4 is 5.91 Å². The van der Waals surface area contributed by atoms with E-state index in [-0.39, 0.29) is 17.6 Å². The highest BCUT2D eigenvalue weighted by molar-refractivity contribution is 5.78. The first kappa shape index (κ1) is 18.6. The van der Waals surface area contributed by atoms with E-state index in [1.165, 1.54) is 11.6 Å². The topological polar surface area (TPSA) is 32.3 Å². The Balaban J connectivity index is 1.43. The summed E-state index contributed by atoms with van der Waals surface area (Å²) in [4.78, 5) is 14.7. The van der Waals surface area contributed by atoms with Gasteiger partial charge in [-0.05, 0) is 43.5 Å². The molecule has 1 heterocycles. The number of benzene rings is 2. The molecule has 138 valence electrons. The third-order valence-electron chi connectivity index (χ3n) is 5.26. The molecule has 26 heavy (non-hydrogen) atoms. The fourth-order valence-corrected chi connectivity index (χ4v) is 3.52. The first-order chi connectivity index (χ1) is 12.6. The van der Waals surface area contributed by atoms with Crippen LogP contribution in [0.2, 0.25) is 0 Å². The standard InChI is InChI=1S/C22H27FN2O/c1-17(18-7-3-2-4-8-18)15-24-22(26)19-11-13-25(14-12-19)16-20-9-5-6-10-21(20)23/h2-10,17,19H,11-16H2,1H3,(H,24,26)/t17-/m1/s1. The van der Waals surface area contributed by atoms with Gasteiger partial charge in [-0.15, -0.1) is 0 Å². The zero-order chi connectivity index (χ0) is 18.4. The third-order valence-corrected chi connectivity index (χ3v) is 5.26. The van der Waals surface area contributed by atoms with Gasteiger partial charge in [0.1, 0.15) is 5.82 Å². The number of amides is 1. The summed E-state index contributed by atoms with van der Waals surface area (Å²) in [5.74, 6) is 0.372. The minimum atomic E-state index is -0.151. The van der Waals surface area contributed by atoms with Gasteiger partial charge in [-0.2, -0.15) is 0 Å². The maximum absolute atomic E-state index is 13.8. The molecule has 1 aliphatic rings. The van der Waals surface area contributed by atoms with Gasteiger partial charge in [-0.1, -0.05) is 55.5 Å². The molecule has 0 bridgehead atoms. The Hall–Kier alpha value is -2.20. The number of rotatable bonds is 6. The predicted octanol–water partition coefficient (Wildman–Crippen LogP) is 3.96. The number of hydrogen-bond acceptors (Lipinski definition) is 2. The number of likely N-dealkylation sites (tertiary alicyclic amines) is 1. The van der Waals surface area contributed by atoms with E-state index < -0.39 is 0 Å². The van der Waals surface area contributed by atoms with Crippen LogP contribution in [0.15, 0.2) is 54.6 Å². The molecule has 0 aliphatic carbocycles. The average molecular weight is 354 g/mol. The Kier molecular flexibility index (Phi) is 6.40. The van der Waals surface area contributed by atoms with Crippen molar-refractivity contribution in [3.63, 3.8) is 0 Å². The van der Waals surface area contributed by atoms with Crippen molar-refractivity contribution in [2.75, 3.05) is 19.6 Å². The number of nitrogens with zero attached hydrogens (tertiary/aromatic N) is 1. The van der Waals surface area contributed by atoms with Crippen molar-refractivity contribution in [2.45, 2.75) is 32.2 Å². The highest BCUT2D eigenvalue weighted by atomic mass is 19.1. The molecule has 4 heteroatoms. The molecule has 0 spiro atoms. The van der Waals surface area contributed by atoms with Crippen LogP contribution in [-0.4, -0.2) is 30.4 Å². The maximum Gasteiger partial charge on any atom is 0.223 e. The van der Waals surface area contributed by atoms with Gasteiger partial charge in [0.2, 0.25) is 5.91 Å². The fourth-order valence-electron chi connectivity index (χ4n) is 3.52. The number of carbonyl (C=O) groups excluding carboxylic acids is 1. The molecular weight excluding hydrogens is 327 g/mol. The zero-order valence-corrected chi connectivity index (χ0v) is 15.3. The van der Waals surface area contributed by atoms with E-state index in [1.54, 1.807) is 6.07 Å². The van der Waals surface area contributed by atoms with Gasteiger partial charge in [-0.25, -0.2) is 4.39 Å². The highest BCUT2D eigenvalue weighted by Gasteiger charge is 2.25. The van der Waals surface area contributed by atoms with Crippen LogP contribution >= 0.6 is 0 Å². The molecule has 1 atom stereocenters. The second-order valence-corrected chi connectivity index (χ2v) is 7.20. The molecule has 3 rings (SSSR count). The van der Waals surface area contributed by atoms with Crippen molar-refractivity contribution in [2.24, 2.45) is 5.92 Å². The van der Waals surface area contributed by atoms with E-state index in [4.69, 9.17) is 0 Å². The van der Waals surface area contributed by atoms with Crippen LogP contribution in [0, 0.1) is 11.7 Å². The van der Waals surface area contributed by atoms with Crippen LogP contribution in [-0.2, 0) is 11.3 Å². The lowest BCUT2D eigenvalue weighted by atomic mass is 9.95. The van der Waals surface area contributed by atoms with E-state index in [9.17, 15) is 9.18 Å². The van der Waals surface area contributed by atoms with Gasteiger partial charge in [0.25, 0.3) is 0 Å². The van der Waals surface area contributed by atoms with E-state index >= 15 is 0 Å². The summed E-state index contributed by atoms with van der Waals surface area (Å²) >= 11 is 0. The Morgan fingerprint density at radius 1 is 1.12 bits per heavy atom. The number of hydrogen-bond donors (Lipinski definition) is 1. The van der Waals surface area contributed by atoms with Crippen molar-refractivity contribution in [3.8, 4) is 0 Å². The van der Waals surface area contributed by atoms with Crippen LogP contribution in [0.3, 0.4) is 0 Å². The average Bonchev–Trinajstić information content (AvgIpc) is 2.69. The Morgan fingerprint density at radius 2 is 1.77 bits per heavy atom. The fraction of sp³-hybridized carbons (Fsp3) is 0.409. The van der Waals surface area contributed by atoms with E-state index in [1.807, 2.05) is 30.3 Å². The highest BCUT2D eigenvalue weighted by Crippen LogP contribution is 2.21. The molecule has 0 saturated carbocycles. The van der Waals surface area contributed by atoms with Gasteiger partial charge in [0.05, 0.1) is 0 Å². The van der Waals surface area contributed by atoms with Gasteiger partial charge in [0, 0.05) is 24.6 Å². The lowest BCUT2D eigenvalue weighted by Gasteiger charge is -2.31. The molecule has 1 N–H and O–H groups in total. The van der Waals surface area contributed by atoms with Crippen molar-refractivity contribution in [3.05, 3.63) is 71.5 Å². The first-order valence-corrected chi connectivity index (χ1v) is 9.42. The summed E-state index contributed by atoms with van der Waals surface area (Å²) in [5.41, 5.74) is 1.97.